The summed E-state index contributed by atoms with van der Waals surface area (Å²) in [5.41, 5.74) is 2.19. The van der Waals surface area contributed by atoms with Crippen molar-refractivity contribution in [3.8, 4) is 17.2 Å². The average molecular weight is 336 g/mol. The summed E-state index contributed by atoms with van der Waals surface area (Å²) in [5.74, 6) is 1.12. The zero-order valence-corrected chi connectivity index (χ0v) is 14.7. The molecule has 0 radical (unpaired) electrons. The van der Waals surface area contributed by atoms with Gasteiger partial charge in [0.2, 0.25) is 0 Å². The quantitative estimate of drug-likeness (QED) is 0.783. The fraction of sp³-hybridized carbons (Fsp3) is 0.294. The number of hydrogen-bond donors (Lipinski definition) is 0. The van der Waals surface area contributed by atoms with Gasteiger partial charge >= 0.3 is 10.1 Å². The van der Waals surface area contributed by atoms with Crippen molar-refractivity contribution in [2.75, 3.05) is 14.2 Å². The highest BCUT2D eigenvalue weighted by molar-refractivity contribution is 7.87. The highest BCUT2D eigenvalue weighted by Crippen LogP contribution is 2.34. The minimum Gasteiger partial charge on any atom is -0.493 e. The molecule has 5 nitrogen and oxygen atoms in total. The van der Waals surface area contributed by atoms with Crippen LogP contribution >= 0.6 is 0 Å². The van der Waals surface area contributed by atoms with E-state index in [-0.39, 0.29) is 4.90 Å². The Morgan fingerprint density at radius 3 is 2.00 bits per heavy atom. The van der Waals surface area contributed by atoms with E-state index in [1.165, 1.54) is 20.3 Å². The molecule has 2 aromatic carbocycles. The lowest BCUT2D eigenvalue weighted by molar-refractivity contribution is 0.353. The third-order valence-electron chi connectivity index (χ3n) is 3.49. The van der Waals surface area contributed by atoms with Crippen LogP contribution in [0.1, 0.15) is 16.7 Å². The van der Waals surface area contributed by atoms with Crippen molar-refractivity contribution in [1.82, 2.24) is 0 Å². The van der Waals surface area contributed by atoms with Crippen LogP contribution in [0, 0.1) is 20.8 Å². The number of ether oxygens (including phenoxy) is 2. The highest BCUT2D eigenvalue weighted by atomic mass is 32.2. The standard InChI is InChI=1S/C17H20O5S/c1-11-6-7-12(2)14(8-11)22-23(18,19)17-10-16(21-5)15(20-4)9-13(17)3/h6-10H,1-5H3. The van der Waals surface area contributed by atoms with Crippen LogP contribution in [0.5, 0.6) is 17.2 Å². The minimum atomic E-state index is -3.98. The van der Waals surface area contributed by atoms with E-state index in [0.29, 0.717) is 22.8 Å². The molecule has 2 rings (SSSR count). The van der Waals surface area contributed by atoms with Gasteiger partial charge < -0.3 is 13.7 Å². The first-order chi connectivity index (χ1) is 10.8. The molecule has 0 aliphatic heterocycles. The van der Waals surface area contributed by atoms with Crippen LogP contribution in [0.25, 0.3) is 0 Å². The SMILES string of the molecule is COc1cc(C)c(S(=O)(=O)Oc2cc(C)ccc2C)cc1OC. The number of methoxy groups -OCH3 is 2. The Morgan fingerprint density at radius 2 is 1.39 bits per heavy atom. The van der Waals surface area contributed by atoms with Gasteiger partial charge in [0.05, 0.1) is 14.2 Å². The lowest BCUT2D eigenvalue weighted by Gasteiger charge is -2.14. The van der Waals surface area contributed by atoms with Crippen molar-refractivity contribution in [2.24, 2.45) is 0 Å². The zero-order chi connectivity index (χ0) is 17.2. The predicted octanol–water partition coefficient (Wildman–Crippen LogP) is 3.40. The molecule has 0 spiro atoms. The molecule has 0 atom stereocenters. The summed E-state index contributed by atoms with van der Waals surface area (Å²) in [5, 5.41) is 0. The van der Waals surface area contributed by atoms with Crippen molar-refractivity contribution in [1.29, 1.82) is 0 Å². The Labute approximate surface area is 136 Å². The van der Waals surface area contributed by atoms with Gasteiger partial charge in [0.15, 0.2) is 11.5 Å². The molecule has 0 aliphatic rings. The summed E-state index contributed by atoms with van der Waals surface area (Å²) in [7, 11) is -1.02. The Hall–Kier alpha value is -2.21. The second-order valence-electron chi connectivity index (χ2n) is 5.28. The molecule has 0 unspecified atom stereocenters. The Kier molecular flexibility index (Phi) is 4.85. The molecule has 0 amide bonds. The maximum Gasteiger partial charge on any atom is 0.339 e. The lowest BCUT2D eigenvalue weighted by Crippen LogP contribution is -2.12. The van der Waals surface area contributed by atoms with Crippen LogP contribution in [0.2, 0.25) is 0 Å². The van der Waals surface area contributed by atoms with Gasteiger partial charge in [0.1, 0.15) is 10.6 Å². The van der Waals surface area contributed by atoms with E-state index in [9.17, 15) is 8.42 Å². The van der Waals surface area contributed by atoms with Crippen LogP contribution in [0.15, 0.2) is 35.2 Å². The molecule has 0 N–H and O–H groups in total. The summed E-state index contributed by atoms with van der Waals surface area (Å²) >= 11 is 0. The topological polar surface area (TPSA) is 61.8 Å². The lowest BCUT2D eigenvalue weighted by atomic mass is 10.1. The zero-order valence-electron chi connectivity index (χ0n) is 13.8. The van der Waals surface area contributed by atoms with Gasteiger partial charge in [-0.05, 0) is 49.6 Å². The Balaban J connectivity index is 2.49. The van der Waals surface area contributed by atoms with E-state index < -0.39 is 10.1 Å². The van der Waals surface area contributed by atoms with E-state index >= 15 is 0 Å². The molecule has 0 saturated carbocycles. The van der Waals surface area contributed by atoms with E-state index in [1.807, 2.05) is 19.1 Å². The predicted molar refractivity (Wildman–Crippen MR) is 88.0 cm³/mol. The molecule has 124 valence electrons. The third kappa shape index (κ3) is 3.59. The molecule has 6 heteroatoms. The molecular formula is C17H20O5S. The van der Waals surface area contributed by atoms with Crippen molar-refractivity contribution < 1.29 is 22.1 Å². The number of benzene rings is 2. The second kappa shape index (κ2) is 6.50. The molecule has 0 bridgehead atoms. The molecule has 0 aromatic heterocycles. The van der Waals surface area contributed by atoms with Crippen molar-refractivity contribution in [3.63, 3.8) is 0 Å². The van der Waals surface area contributed by atoms with Crippen molar-refractivity contribution >= 4 is 10.1 Å². The largest absolute Gasteiger partial charge is 0.493 e. The number of hydrogen-bond acceptors (Lipinski definition) is 5. The van der Waals surface area contributed by atoms with Gasteiger partial charge in [0.25, 0.3) is 0 Å². The van der Waals surface area contributed by atoms with Crippen LogP contribution in [-0.2, 0) is 10.1 Å². The molecular weight excluding hydrogens is 316 g/mol. The van der Waals surface area contributed by atoms with Gasteiger partial charge in [-0.3, -0.25) is 0 Å². The van der Waals surface area contributed by atoms with Crippen molar-refractivity contribution in [3.05, 3.63) is 47.0 Å². The first-order valence-electron chi connectivity index (χ1n) is 7.03. The number of rotatable bonds is 5. The summed E-state index contributed by atoms with van der Waals surface area (Å²) in [4.78, 5) is 0.0519. The fourth-order valence-corrected chi connectivity index (χ4v) is 3.40. The van der Waals surface area contributed by atoms with E-state index in [2.05, 4.69) is 0 Å². The smallest absolute Gasteiger partial charge is 0.339 e. The maximum absolute atomic E-state index is 12.6. The summed E-state index contributed by atoms with van der Waals surface area (Å²) in [6.07, 6.45) is 0. The first-order valence-corrected chi connectivity index (χ1v) is 8.43. The van der Waals surface area contributed by atoms with Crippen LogP contribution in [0.3, 0.4) is 0 Å². The molecule has 0 saturated heterocycles. The fourth-order valence-electron chi connectivity index (χ4n) is 2.19. The molecule has 23 heavy (non-hydrogen) atoms. The van der Waals surface area contributed by atoms with Gasteiger partial charge in [-0.15, -0.1) is 0 Å². The maximum atomic E-state index is 12.6. The van der Waals surface area contributed by atoms with Crippen LogP contribution in [-0.4, -0.2) is 22.6 Å². The van der Waals surface area contributed by atoms with Gasteiger partial charge in [-0.1, -0.05) is 12.1 Å². The summed E-state index contributed by atoms with van der Waals surface area (Å²) in [6.45, 7) is 5.35. The Bertz CT molecular complexity index is 825. The third-order valence-corrected chi connectivity index (χ3v) is 4.87. The second-order valence-corrected chi connectivity index (χ2v) is 6.79. The highest BCUT2D eigenvalue weighted by Gasteiger charge is 2.23. The van der Waals surface area contributed by atoms with Gasteiger partial charge in [0, 0.05) is 6.07 Å². The van der Waals surface area contributed by atoms with E-state index in [4.69, 9.17) is 13.7 Å². The molecule has 2 aromatic rings. The molecule has 0 aliphatic carbocycles. The van der Waals surface area contributed by atoms with Gasteiger partial charge in [-0.25, -0.2) is 0 Å². The average Bonchev–Trinajstić information content (AvgIpc) is 2.50. The molecule has 0 heterocycles. The van der Waals surface area contributed by atoms with E-state index in [1.54, 1.807) is 26.0 Å². The summed E-state index contributed by atoms with van der Waals surface area (Å²) < 4.78 is 41.0. The minimum absolute atomic E-state index is 0.0519. The van der Waals surface area contributed by atoms with Crippen LogP contribution in [0.4, 0.5) is 0 Å². The van der Waals surface area contributed by atoms with Crippen LogP contribution < -0.4 is 13.7 Å². The molecule has 0 fully saturated rings. The van der Waals surface area contributed by atoms with E-state index in [0.717, 1.165) is 11.1 Å². The van der Waals surface area contributed by atoms with Gasteiger partial charge in [-0.2, -0.15) is 8.42 Å². The Morgan fingerprint density at radius 1 is 0.783 bits per heavy atom. The first kappa shape index (κ1) is 17.1. The van der Waals surface area contributed by atoms with Crippen molar-refractivity contribution in [2.45, 2.75) is 25.7 Å². The monoisotopic (exact) mass is 336 g/mol. The summed E-state index contributed by atoms with van der Waals surface area (Å²) in [6, 6.07) is 8.44. The number of aryl methyl sites for hydroxylation is 3. The normalized spacial score (nSPS) is 11.2.